The van der Waals surface area contributed by atoms with Crippen LogP contribution in [0.1, 0.15) is 34.6 Å². The Morgan fingerprint density at radius 1 is 1.20 bits per heavy atom. The summed E-state index contributed by atoms with van der Waals surface area (Å²) in [5, 5.41) is 0. The van der Waals surface area contributed by atoms with Gasteiger partial charge in [0.1, 0.15) is 0 Å². The van der Waals surface area contributed by atoms with E-state index in [1.54, 1.807) is 0 Å². The molecule has 0 heterocycles. The molecule has 0 aromatic carbocycles. The van der Waals surface area contributed by atoms with Crippen molar-refractivity contribution in [3.63, 3.8) is 0 Å². The number of hydrogen-bond acceptors (Lipinski definition) is 3. The molecule has 0 saturated carbocycles. The highest BCUT2D eigenvalue weighted by Gasteiger charge is 2.23. The lowest BCUT2D eigenvalue weighted by Crippen LogP contribution is -2.29. The van der Waals surface area contributed by atoms with E-state index in [0.29, 0.717) is 12.5 Å². The number of ether oxygens (including phenoxy) is 2. The summed E-state index contributed by atoms with van der Waals surface area (Å²) >= 11 is 4.37. The Balaban J connectivity index is 3.80. The van der Waals surface area contributed by atoms with Gasteiger partial charge in [0.15, 0.2) is 0 Å². The summed E-state index contributed by atoms with van der Waals surface area (Å²) in [6.07, 6.45) is 0.176. The van der Waals surface area contributed by atoms with Gasteiger partial charge in [-0.1, -0.05) is 20.8 Å². The fourth-order valence-electron chi connectivity index (χ4n) is 1.19. The molecule has 0 aromatic heterocycles. The molecular formula is C12H26O2S. The largest absolute Gasteiger partial charge is 0.379 e. The maximum atomic E-state index is 5.75. The van der Waals surface area contributed by atoms with Gasteiger partial charge < -0.3 is 9.47 Å². The normalized spacial score (nSPS) is 16.4. The van der Waals surface area contributed by atoms with Crippen molar-refractivity contribution in [3.8, 4) is 0 Å². The SMILES string of the molecule is CCOCC(C)OCC(CS)C(C)(C)C. The van der Waals surface area contributed by atoms with Gasteiger partial charge in [0, 0.05) is 6.61 Å². The first kappa shape index (κ1) is 15.3. The molecule has 3 heteroatoms. The fourth-order valence-corrected chi connectivity index (χ4v) is 1.84. The lowest BCUT2D eigenvalue weighted by Gasteiger charge is -2.30. The Hall–Kier alpha value is 0.270. The van der Waals surface area contributed by atoms with Gasteiger partial charge in [-0.05, 0) is 30.9 Å². The van der Waals surface area contributed by atoms with E-state index in [0.717, 1.165) is 19.0 Å². The minimum Gasteiger partial charge on any atom is -0.379 e. The van der Waals surface area contributed by atoms with E-state index < -0.39 is 0 Å². The Morgan fingerprint density at radius 3 is 2.20 bits per heavy atom. The van der Waals surface area contributed by atoms with Crippen LogP contribution in [0.15, 0.2) is 0 Å². The third-order valence-corrected chi connectivity index (χ3v) is 3.02. The van der Waals surface area contributed by atoms with Crippen molar-refractivity contribution in [2.75, 3.05) is 25.6 Å². The summed E-state index contributed by atoms with van der Waals surface area (Å²) in [6.45, 7) is 12.9. The second-order valence-corrected chi connectivity index (χ2v) is 5.41. The van der Waals surface area contributed by atoms with E-state index in [1.165, 1.54) is 0 Å². The summed E-state index contributed by atoms with van der Waals surface area (Å²) in [6, 6.07) is 0. The smallest absolute Gasteiger partial charge is 0.0780 e. The molecule has 0 fully saturated rings. The van der Waals surface area contributed by atoms with Gasteiger partial charge in [-0.3, -0.25) is 0 Å². The molecule has 2 atom stereocenters. The van der Waals surface area contributed by atoms with E-state index in [-0.39, 0.29) is 11.5 Å². The molecule has 0 radical (unpaired) electrons. The minimum atomic E-state index is 0.176. The molecule has 0 aliphatic carbocycles. The summed E-state index contributed by atoms with van der Waals surface area (Å²) in [7, 11) is 0. The summed E-state index contributed by atoms with van der Waals surface area (Å²) < 4.78 is 11.1. The Labute approximate surface area is 100 Å². The first-order valence-corrected chi connectivity index (χ1v) is 6.35. The average Bonchev–Trinajstić information content (AvgIpc) is 2.13. The van der Waals surface area contributed by atoms with Crippen LogP contribution in [0, 0.1) is 11.3 Å². The van der Waals surface area contributed by atoms with Gasteiger partial charge in [-0.15, -0.1) is 0 Å². The molecule has 2 nitrogen and oxygen atoms in total. The first-order chi connectivity index (χ1) is 6.91. The zero-order valence-corrected chi connectivity index (χ0v) is 11.6. The molecule has 0 rings (SSSR count). The molecule has 2 unspecified atom stereocenters. The fraction of sp³-hybridized carbons (Fsp3) is 1.00. The predicted octanol–water partition coefficient (Wildman–Crippen LogP) is 3.02. The lowest BCUT2D eigenvalue weighted by atomic mass is 9.82. The monoisotopic (exact) mass is 234 g/mol. The molecule has 0 aliphatic heterocycles. The van der Waals surface area contributed by atoms with Crippen molar-refractivity contribution in [2.45, 2.75) is 40.7 Å². The molecule has 15 heavy (non-hydrogen) atoms. The van der Waals surface area contributed by atoms with Crippen LogP contribution in [0.5, 0.6) is 0 Å². The third kappa shape index (κ3) is 7.20. The number of thiol groups is 1. The molecule has 0 amide bonds. The summed E-state index contributed by atoms with van der Waals surface area (Å²) in [5.41, 5.74) is 0.257. The van der Waals surface area contributed by atoms with E-state index >= 15 is 0 Å². The van der Waals surface area contributed by atoms with Gasteiger partial charge in [0.05, 0.1) is 19.3 Å². The van der Waals surface area contributed by atoms with Crippen LogP contribution in [-0.4, -0.2) is 31.7 Å². The van der Waals surface area contributed by atoms with Crippen LogP contribution in [0.3, 0.4) is 0 Å². The second-order valence-electron chi connectivity index (χ2n) is 5.05. The Kier molecular flexibility index (Phi) is 7.66. The Morgan fingerprint density at radius 2 is 1.80 bits per heavy atom. The van der Waals surface area contributed by atoms with Gasteiger partial charge in [-0.25, -0.2) is 0 Å². The van der Waals surface area contributed by atoms with Crippen molar-refractivity contribution in [1.82, 2.24) is 0 Å². The Bertz CT molecular complexity index is 154. The van der Waals surface area contributed by atoms with Gasteiger partial charge in [-0.2, -0.15) is 12.6 Å². The van der Waals surface area contributed by atoms with Crippen LogP contribution in [0.2, 0.25) is 0 Å². The van der Waals surface area contributed by atoms with Crippen molar-refractivity contribution >= 4 is 12.6 Å². The zero-order valence-electron chi connectivity index (χ0n) is 10.7. The zero-order chi connectivity index (χ0) is 11.9. The van der Waals surface area contributed by atoms with Gasteiger partial charge in [0.2, 0.25) is 0 Å². The predicted molar refractivity (Wildman–Crippen MR) is 68.7 cm³/mol. The van der Waals surface area contributed by atoms with Crippen LogP contribution in [-0.2, 0) is 9.47 Å². The van der Waals surface area contributed by atoms with Gasteiger partial charge in [0.25, 0.3) is 0 Å². The molecule has 0 aromatic rings. The van der Waals surface area contributed by atoms with E-state index in [1.807, 2.05) is 13.8 Å². The first-order valence-electron chi connectivity index (χ1n) is 5.72. The van der Waals surface area contributed by atoms with Crippen LogP contribution in [0.25, 0.3) is 0 Å². The van der Waals surface area contributed by atoms with E-state index in [9.17, 15) is 0 Å². The van der Waals surface area contributed by atoms with Crippen molar-refractivity contribution < 1.29 is 9.47 Å². The third-order valence-electron chi connectivity index (χ3n) is 2.58. The highest BCUT2D eigenvalue weighted by molar-refractivity contribution is 7.80. The molecule has 0 spiro atoms. The number of rotatable bonds is 7. The molecule has 0 bridgehead atoms. The standard InChI is InChI=1S/C12H26O2S/c1-6-13-7-10(2)14-8-11(9-15)12(3,4)5/h10-11,15H,6-9H2,1-5H3. The second kappa shape index (κ2) is 7.53. The highest BCUT2D eigenvalue weighted by atomic mass is 32.1. The number of hydrogen-bond donors (Lipinski definition) is 1. The van der Waals surface area contributed by atoms with E-state index in [2.05, 4.69) is 33.4 Å². The highest BCUT2D eigenvalue weighted by Crippen LogP contribution is 2.27. The van der Waals surface area contributed by atoms with Crippen molar-refractivity contribution in [3.05, 3.63) is 0 Å². The van der Waals surface area contributed by atoms with Crippen molar-refractivity contribution in [1.29, 1.82) is 0 Å². The molecule has 0 N–H and O–H groups in total. The maximum Gasteiger partial charge on any atom is 0.0780 e. The topological polar surface area (TPSA) is 18.5 Å². The van der Waals surface area contributed by atoms with Crippen LogP contribution < -0.4 is 0 Å². The maximum absolute atomic E-state index is 5.75. The average molecular weight is 234 g/mol. The molecular weight excluding hydrogens is 208 g/mol. The molecule has 92 valence electrons. The van der Waals surface area contributed by atoms with Crippen molar-refractivity contribution in [2.24, 2.45) is 11.3 Å². The summed E-state index contributed by atoms with van der Waals surface area (Å²) in [5.74, 6) is 1.36. The van der Waals surface area contributed by atoms with Gasteiger partial charge >= 0.3 is 0 Å². The van der Waals surface area contributed by atoms with Crippen LogP contribution >= 0.6 is 12.6 Å². The molecule has 0 aliphatic rings. The van der Waals surface area contributed by atoms with Crippen LogP contribution in [0.4, 0.5) is 0 Å². The molecule has 0 saturated heterocycles. The van der Waals surface area contributed by atoms with E-state index in [4.69, 9.17) is 9.47 Å². The minimum absolute atomic E-state index is 0.176. The quantitative estimate of drug-likeness (QED) is 0.683. The summed E-state index contributed by atoms with van der Waals surface area (Å²) in [4.78, 5) is 0. The lowest BCUT2D eigenvalue weighted by molar-refractivity contribution is -0.0279.